The Kier molecular flexibility index (Phi) is 4.98. The van der Waals surface area contributed by atoms with Crippen molar-refractivity contribution in [3.63, 3.8) is 0 Å². The molecule has 0 aromatic heterocycles. The minimum Gasteiger partial charge on any atom is -0.394 e. The normalized spacial score (nSPS) is 12.6. The molecule has 0 amide bonds. The first kappa shape index (κ1) is 8.28. The van der Waals surface area contributed by atoms with Crippen LogP contribution in [0.3, 0.4) is 0 Å². The molecule has 0 rings (SSSR count). The maximum absolute atomic E-state index is 2.92. The van der Waals surface area contributed by atoms with E-state index in [9.17, 15) is 0 Å². The van der Waals surface area contributed by atoms with Gasteiger partial charge in [0.2, 0.25) is 0 Å². The van der Waals surface area contributed by atoms with Crippen molar-refractivity contribution in [3.8, 4) is 0 Å². The number of rotatable bonds is 3. The Bertz CT molecular complexity index is 112. The molecular formula is C8H15N. The number of hydrogen-bond acceptors (Lipinski definition) is 1. The second-order valence-electron chi connectivity index (χ2n) is 2.01. The van der Waals surface area contributed by atoms with Gasteiger partial charge < -0.3 is 5.32 Å². The zero-order valence-electron chi connectivity index (χ0n) is 6.44. The largest absolute Gasteiger partial charge is 0.394 e. The zero-order chi connectivity index (χ0) is 7.11. The first-order valence-corrected chi connectivity index (χ1v) is 3.30. The van der Waals surface area contributed by atoms with Crippen LogP contribution in [-0.4, -0.2) is 7.05 Å². The molecule has 1 N–H and O–H groups in total. The Hall–Kier alpha value is -0.720. The SMILES string of the molecule is CCC(C)=C/C=C\NC. The van der Waals surface area contributed by atoms with Crippen molar-refractivity contribution in [2.24, 2.45) is 0 Å². The van der Waals surface area contributed by atoms with Crippen molar-refractivity contribution in [1.29, 1.82) is 0 Å². The summed E-state index contributed by atoms with van der Waals surface area (Å²) in [4.78, 5) is 0. The highest BCUT2D eigenvalue weighted by Gasteiger charge is 1.76. The van der Waals surface area contributed by atoms with E-state index in [0.29, 0.717) is 0 Å². The van der Waals surface area contributed by atoms with Crippen molar-refractivity contribution in [2.75, 3.05) is 7.05 Å². The number of nitrogens with one attached hydrogen (secondary N) is 1. The van der Waals surface area contributed by atoms with Crippen LogP contribution in [-0.2, 0) is 0 Å². The van der Waals surface area contributed by atoms with Gasteiger partial charge >= 0.3 is 0 Å². The third-order valence-electron chi connectivity index (χ3n) is 1.20. The van der Waals surface area contributed by atoms with Crippen molar-refractivity contribution in [3.05, 3.63) is 23.9 Å². The van der Waals surface area contributed by atoms with E-state index >= 15 is 0 Å². The van der Waals surface area contributed by atoms with E-state index in [1.54, 1.807) is 0 Å². The molecule has 9 heavy (non-hydrogen) atoms. The lowest BCUT2D eigenvalue weighted by atomic mass is 10.2. The molecule has 0 aliphatic heterocycles. The number of hydrogen-bond donors (Lipinski definition) is 1. The monoisotopic (exact) mass is 125 g/mol. The van der Waals surface area contributed by atoms with Crippen molar-refractivity contribution >= 4 is 0 Å². The van der Waals surface area contributed by atoms with E-state index in [1.165, 1.54) is 5.57 Å². The van der Waals surface area contributed by atoms with Gasteiger partial charge in [0.05, 0.1) is 0 Å². The van der Waals surface area contributed by atoms with Gasteiger partial charge in [-0.1, -0.05) is 18.6 Å². The topological polar surface area (TPSA) is 12.0 Å². The van der Waals surface area contributed by atoms with Crippen LogP contribution in [0.15, 0.2) is 23.9 Å². The van der Waals surface area contributed by atoms with Crippen LogP contribution >= 0.6 is 0 Å². The molecule has 0 aliphatic carbocycles. The summed E-state index contributed by atoms with van der Waals surface area (Å²) < 4.78 is 0. The fourth-order valence-corrected chi connectivity index (χ4v) is 0.426. The Labute approximate surface area is 57.5 Å². The molecule has 1 heteroatoms. The smallest absolute Gasteiger partial charge is 0.00277 e. The molecule has 0 bridgehead atoms. The molecule has 0 aliphatic rings. The molecule has 0 heterocycles. The minimum atomic E-state index is 1.13. The third-order valence-corrected chi connectivity index (χ3v) is 1.20. The lowest BCUT2D eigenvalue weighted by Gasteiger charge is -1.88. The molecule has 1 nitrogen and oxygen atoms in total. The second kappa shape index (κ2) is 5.42. The van der Waals surface area contributed by atoms with Gasteiger partial charge in [-0.3, -0.25) is 0 Å². The van der Waals surface area contributed by atoms with Gasteiger partial charge in [0.1, 0.15) is 0 Å². The number of allylic oxidation sites excluding steroid dienone is 3. The fourth-order valence-electron chi connectivity index (χ4n) is 0.426. The highest BCUT2D eigenvalue weighted by Crippen LogP contribution is 1.96. The predicted octanol–water partition coefficient (Wildman–Crippen LogP) is 2.08. The van der Waals surface area contributed by atoms with Crippen LogP contribution in [0.5, 0.6) is 0 Å². The average molecular weight is 125 g/mol. The van der Waals surface area contributed by atoms with Crippen LogP contribution in [0.1, 0.15) is 20.3 Å². The van der Waals surface area contributed by atoms with Crippen molar-refractivity contribution < 1.29 is 0 Å². The summed E-state index contributed by atoms with van der Waals surface area (Å²) in [6.07, 6.45) is 7.17. The van der Waals surface area contributed by atoms with E-state index in [-0.39, 0.29) is 0 Å². The summed E-state index contributed by atoms with van der Waals surface area (Å²) in [5.74, 6) is 0. The molecule has 0 radical (unpaired) electrons. The highest BCUT2D eigenvalue weighted by molar-refractivity contribution is 5.08. The molecule has 0 saturated heterocycles. The summed E-state index contributed by atoms with van der Waals surface area (Å²) in [6, 6.07) is 0. The summed E-state index contributed by atoms with van der Waals surface area (Å²) in [6.45, 7) is 4.28. The summed E-state index contributed by atoms with van der Waals surface area (Å²) in [7, 11) is 1.89. The minimum absolute atomic E-state index is 1.13. The lowest BCUT2D eigenvalue weighted by Crippen LogP contribution is -1.89. The molecule has 0 aromatic carbocycles. The molecule has 0 saturated carbocycles. The molecule has 0 atom stereocenters. The van der Waals surface area contributed by atoms with Crippen LogP contribution < -0.4 is 5.32 Å². The first-order chi connectivity index (χ1) is 4.31. The molecule has 52 valence electrons. The van der Waals surface area contributed by atoms with Crippen LogP contribution in [0.2, 0.25) is 0 Å². The van der Waals surface area contributed by atoms with E-state index in [0.717, 1.165) is 6.42 Å². The van der Waals surface area contributed by atoms with Crippen molar-refractivity contribution in [2.45, 2.75) is 20.3 Å². The van der Waals surface area contributed by atoms with E-state index in [2.05, 4.69) is 25.2 Å². The van der Waals surface area contributed by atoms with E-state index < -0.39 is 0 Å². The van der Waals surface area contributed by atoms with Gasteiger partial charge in [0.25, 0.3) is 0 Å². The Balaban J connectivity index is 3.55. The summed E-state index contributed by atoms with van der Waals surface area (Å²) in [5, 5.41) is 2.92. The molecule has 0 unspecified atom stereocenters. The van der Waals surface area contributed by atoms with Gasteiger partial charge in [-0.25, -0.2) is 0 Å². The van der Waals surface area contributed by atoms with E-state index in [4.69, 9.17) is 0 Å². The highest BCUT2D eigenvalue weighted by atomic mass is 14.8. The standard InChI is InChI=1S/C8H15N/c1-4-8(2)6-5-7-9-3/h5-7,9H,4H2,1-3H3/b7-5-,8-6?. The van der Waals surface area contributed by atoms with Crippen LogP contribution in [0.25, 0.3) is 0 Å². The van der Waals surface area contributed by atoms with Crippen LogP contribution in [0.4, 0.5) is 0 Å². The maximum Gasteiger partial charge on any atom is 0.00277 e. The second-order valence-corrected chi connectivity index (χ2v) is 2.01. The van der Waals surface area contributed by atoms with Gasteiger partial charge in [0, 0.05) is 7.05 Å². The summed E-state index contributed by atoms with van der Waals surface area (Å²) in [5.41, 5.74) is 1.40. The van der Waals surface area contributed by atoms with Gasteiger partial charge in [-0.2, -0.15) is 0 Å². The maximum atomic E-state index is 2.92. The summed E-state index contributed by atoms with van der Waals surface area (Å²) >= 11 is 0. The van der Waals surface area contributed by atoms with Crippen molar-refractivity contribution in [1.82, 2.24) is 5.32 Å². The van der Waals surface area contributed by atoms with Crippen LogP contribution in [0, 0.1) is 0 Å². The first-order valence-electron chi connectivity index (χ1n) is 3.30. The molecule has 0 aromatic rings. The molecule has 0 spiro atoms. The zero-order valence-corrected chi connectivity index (χ0v) is 6.44. The average Bonchev–Trinajstić information content (AvgIpc) is 1.89. The quantitative estimate of drug-likeness (QED) is 0.569. The predicted molar refractivity (Wildman–Crippen MR) is 42.2 cm³/mol. The molecule has 0 fully saturated rings. The third kappa shape index (κ3) is 5.15. The Morgan fingerprint density at radius 2 is 2.22 bits per heavy atom. The lowest BCUT2D eigenvalue weighted by molar-refractivity contribution is 1.08. The van der Waals surface area contributed by atoms with Gasteiger partial charge in [0.15, 0.2) is 0 Å². The van der Waals surface area contributed by atoms with Gasteiger partial charge in [-0.15, -0.1) is 0 Å². The molecular weight excluding hydrogens is 110 g/mol. The Morgan fingerprint density at radius 1 is 1.56 bits per heavy atom. The fraction of sp³-hybridized carbons (Fsp3) is 0.500. The van der Waals surface area contributed by atoms with Gasteiger partial charge in [-0.05, 0) is 25.6 Å². The Morgan fingerprint density at radius 3 is 2.67 bits per heavy atom. The van der Waals surface area contributed by atoms with E-state index in [1.807, 2.05) is 19.3 Å².